The van der Waals surface area contributed by atoms with E-state index >= 15 is 0 Å². The smallest absolute Gasteiger partial charge is 0 e. The van der Waals surface area contributed by atoms with Crippen LogP contribution in [-0.2, 0) is 17.1 Å². The van der Waals surface area contributed by atoms with Crippen LogP contribution in [0.15, 0.2) is 48.5 Å². The largest absolute Gasteiger partial charge is 0.748 e. The molecule has 2 aromatic carbocycles. The van der Waals surface area contributed by atoms with Gasteiger partial charge in [-0.2, -0.15) is 12.1 Å². The fourth-order valence-electron chi connectivity index (χ4n) is 1.07. The van der Waals surface area contributed by atoms with E-state index in [1.165, 1.54) is 9.26 Å². The zero-order valence-electron chi connectivity index (χ0n) is 8.80. The maximum Gasteiger partial charge on any atom is 0 e. The first-order valence-corrected chi connectivity index (χ1v) is 5.55. The standard InChI is InChI=1S/C7H9IN.C5H5.Fe/c1-9(2)7-5-3-4-6(7)8;1-2-4-5-3-1;/h3-5H,1-2H3;1-5H;/q-1;-5;. The van der Waals surface area contributed by atoms with Gasteiger partial charge in [-0.25, -0.2) is 6.07 Å². The number of halogens is 1. The molecule has 0 fully saturated rings. The van der Waals surface area contributed by atoms with E-state index in [0.29, 0.717) is 0 Å². The molecule has 15 heavy (non-hydrogen) atoms. The van der Waals surface area contributed by atoms with Crippen molar-refractivity contribution in [3.8, 4) is 0 Å². The third-order valence-corrected chi connectivity index (χ3v) is 2.69. The van der Waals surface area contributed by atoms with Crippen LogP contribution in [0.1, 0.15) is 0 Å². The van der Waals surface area contributed by atoms with Crippen molar-refractivity contribution < 1.29 is 17.1 Å². The van der Waals surface area contributed by atoms with E-state index in [9.17, 15) is 0 Å². The Balaban J connectivity index is 0.000000280. The summed E-state index contributed by atoms with van der Waals surface area (Å²) >= 11 is 2.33. The van der Waals surface area contributed by atoms with Gasteiger partial charge in [0.15, 0.2) is 0 Å². The van der Waals surface area contributed by atoms with Crippen LogP contribution in [0.25, 0.3) is 0 Å². The molecule has 2 aromatic rings. The summed E-state index contributed by atoms with van der Waals surface area (Å²) in [4.78, 5) is 2.11. The van der Waals surface area contributed by atoms with Crippen LogP contribution in [0, 0.1) is 3.57 Å². The molecule has 0 aliphatic heterocycles. The average molecular weight is 355 g/mol. The van der Waals surface area contributed by atoms with Crippen molar-refractivity contribution in [2.75, 3.05) is 19.0 Å². The molecule has 0 aromatic heterocycles. The van der Waals surface area contributed by atoms with E-state index in [4.69, 9.17) is 0 Å². The van der Waals surface area contributed by atoms with Crippen molar-refractivity contribution in [2.24, 2.45) is 0 Å². The van der Waals surface area contributed by atoms with Gasteiger partial charge in [0, 0.05) is 17.1 Å². The minimum atomic E-state index is 0. The Bertz CT molecular complexity index is 321. The van der Waals surface area contributed by atoms with E-state index in [-0.39, 0.29) is 17.1 Å². The van der Waals surface area contributed by atoms with E-state index in [1.807, 2.05) is 30.3 Å². The molecule has 0 saturated carbocycles. The van der Waals surface area contributed by atoms with Crippen LogP contribution in [0.3, 0.4) is 0 Å². The molecule has 0 N–H and O–H groups in total. The first kappa shape index (κ1) is 14.7. The molecule has 0 aliphatic carbocycles. The van der Waals surface area contributed by atoms with Crippen LogP contribution in [0.5, 0.6) is 0 Å². The summed E-state index contributed by atoms with van der Waals surface area (Å²) in [5.41, 5.74) is 1.30. The van der Waals surface area contributed by atoms with Crippen LogP contribution in [0.2, 0.25) is 0 Å². The molecule has 0 amide bonds. The van der Waals surface area contributed by atoms with E-state index in [2.05, 4.69) is 59.8 Å². The van der Waals surface area contributed by atoms with Crippen molar-refractivity contribution in [3.63, 3.8) is 0 Å². The van der Waals surface area contributed by atoms with E-state index in [0.717, 1.165) is 0 Å². The van der Waals surface area contributed by atoms with Gasteiger partial charge in [-0.1, -0.05) is 31.8 Å². The minimum absolute atomic E-state index is 0. The Labute approximate surface area is 116 Å². The van der Waals surface area contributed by atoms with Crippen LogP contribution in [-0.4, -0.2) is 14.1 Å². The molecular weight excluding hydrogens is 341 g/mol. The topological polar surface area (TPSA) is 3.24 Å². The Kier molecular flexibility index (Phi) is 7.83. The molecule has 0 atom stereocenters. The van der Waals surface area contributed by atoms with Gasteiger partial charge in [0.1, 0.15) is 0 Å². The number of hydrogen-bond acceptors (Lipinski definition) is 1. The zero-order valence-corrected chi connectivity index (χ0v) is 12.1. The molecule has 0 spiro atoms. The monoisotopic (exact) mass is 355 g/mol. The first-order chi connectivity index (χ1) is 6.72. The summed E-state index contributed by atoms with van der Waals surface area (Å²) in [6, 6.07) is 16.3. The van der Waals surface area contributed by atoms with Gasteiger partial charge in [0.25, 0.3) is 0 Å². The number of hydrogen-bond donors (Lipinski definition) is 0. The molecule has 88 valence electrons. The third-order valence-electron chi connectivity index (χ3n) is 1.78. The summed E-state index contributed by atoms with van der Waals surface area (Å²) in [7, 11) is 4.11. The van der Waals surface area contributed by atoms with Crippen molar-refractivity contribution in [3.05, 3.63) is 52.1 Å². The molecule has 3 heteroatoms. The maximum atomic E-state index is 2.33. The second kappa shape index (κ2) is 7.97. The molecule has 0 aliphatic rings. The van der Waals surface area contributed by atoms with Gasteiger partial charge in [0.2, 0.25) is 0 Å². The van der Waals surface area contributed by atoms with E-state index in [1.54, 1.807) is 0 Å². The SMILES string of the molecule is CN(C)[c-]1cccc1I.[Fe].[cH-]1[cH-][cH-][cH-][cH-]1. The van der Waals surface area contributed by atoms with Crippen molar-refractivity contribution in [1.29, 1.82) is 0 Å². The fraction of sp³-hybridized carbons (Fsp3) is 0.167. The van der Waals surface area contributed by atoms with Crippen molar-refractivity contribution in [1.82, 2.24) is 0 Å². The Morgan fingerprint density at radius 1 is 1.13 bits per heavy atom. The van der Waals surface area contributed by atoms with Crippen molar-refractivity contribution in [2.45, 2.75) is 0 Å². The predicted molar refractivity (Wildman–Crippen MR) is 71.1 cm³/mol. The molecule has 2 rings (SSSR count). The van der Waals surface area contributed by atoms with Gasteiger partial charge in [-0.15, -0.1) is 0 Å². The summed E-state index contributed by atoms with van der Waals surface area (Å²) in [5.74, 6) is 0. The second-order valence-electron chi connectivity index (χ2n) is 3.12. The molecule has 0 unspecified atom stereocenters. The number of rotatable bonds is 1. The summed E-state index contributed by atoms with van der Waals surface area (Å²) in [6.07, 6.45) is 0. The molecule has 0 bridgehead atoms. The van der Waals surface area contributed by atoms with Crippen LogP contribution < -0.4 is 4.90 Å². The normalized spacial score (nSPS) is 8.47. The maximum absolute atomic E-state index is 2.33. The Hall–Kier alpha value is -0.251. The fourth-order valence-corrected chi connectivity index (χ4v) is 1.94. The molecule has 0 saturated heterocycles. The summed E-state index contributed by atoms with van der Waals surface area (Å²) < 4.78 is 1.32. The number of anilines is 1. The summed E-state index contributed by atoms with van der Waals surface area (Å²) in [6.45, 7) is 0. The van der Waals surface area contributed by atoms with Gasteiger partial charge in [0.05, 0.1) is 0 Å². The Morgan fingerprint density at radius 3 is 1.80 bits per heavy atom. The van der Waals surface area contributed by atoms with E-state index < -0.39 is 0 Å². The van der Waals surface area contributed by atoms with Gasteiger partial charge >= 0.3 is 0 Å². The molecular formula is C12H14FeIN-6. The first-order valence-electron chi connectivity index (χ1n) is 4.47. The Morgan fingerprint density at radius 2 is 1.60 bits per heavy atom. The molecule has 0 heterocycles. The predicted octanol–water partition coefficient (Wildman–Crippen LogP) is 3.48. The van der Waals surface area contributed by atoms with Crippen LogP contribution >= 0.6 is 22.6 Å². The quantitative estimate of drug-likeness (QED) is 0.430. The minimum Gasteiger partial charge on any atom is -0.748 e. The third kappa shape index (κ3) is 5.40. The zero-order chi connectivity index (χ0) is 10.4. The summed E-state index contributed by atoms with van der Waals surface area (Å²) in [5, 5.41) is 0. The number of nitrogens with zero attached hydrogens (tertiary/aromatic N) is 1. The second-order valence-corrected chi connectivity index (χ2v) is 4.28. The van der Waals surface area contributed by atoms with Gasteiger partial charge in [-0.05, 0) is 14.1 Å². The van der Waals surface area contributed by atoms with Gasteiger partial charge in [-0.3, -0.25) is 0 Å². The molecule has 1 nitrogen and oxygen atoms in total. The van der Waals surface area contributed by atoms with Crippen LogP contribution in [0.4, 0.5) is 5.69 Å². The van der Waals surface area contributed by atoms with Gasteiger partial charge < -0.3 is 35.2 Å². The van der Waals surface area contributed by atoms with Crippen molar-refractivity contribution >= 4 is 28.3 Å². The molecule has 0 radical (unpaired) electrons. The average Bonchev–Trinajstić information content (AvgIpc) is 2.74.